The summed E-state index contributed by atoms with van der Waals surface area (Å²) >= 11 is 10.5. The third-order valence-corrected chi connectivity index (χ3v) is 4.44. The summed E-state index contributed by atoms with van der Waals surface area (Å²) in [6.07, 6.45) is 3.52. The Bertz CT molecular complexity index is 625. The first-order valence-electron chi connectivity index (χ1n) is 8.93. The van der Waals surface area contributed by atoms with E-state index in [1.54, 1.807) is 0 Å². The van der Waals surface area contributed by atoms with Crippen molar-refractivity contribution in [2.45, 2.75) is 52.6 Å². The molecular weight excluding hydrogens is 368 g/mol. The van der Waals surface area contributed by atoms with Gasteiger partial charge in [-0.1, -0.05) is 32.8 Å². The Morgan fingerprint density at radius 2 is 1.77 bits per heavy atom. The Balaban J connectivity index is 1.61. The van der Waals surface area contributed by atoms with E-state index in [0.29, 0.717) is 22.8 Å². The number of thiocarbonyl (C=S) groups is 2. The van der Waals surface area contributed by atoms with Crippen molar-refractivity contribution >= 4 is 34.7 Å². The highest BCUT2D eigenvalue weighted by Gasteiger charge is 2.13. The summed E-state index contributed by atoms with van der Waals surface area (Å²) in [5.74, 6) is 2.27. The Morgan fingerprint density at radius 3 is 2.54 bits per heavy atom. The zero-order chi connectivity index (χ0) is 18.9. The molecule has 0 bridgehead atoms. The van der Waals surface area contributed by atoms with Gasteiger partial charge in [-0.25, -0.2) is 0 Å². The first kappa shape index (κ1) is 20.5. The van der Waals surface area contributed by atoms with E-state index in [2.05, 4.69) is 42.3 Å². The first-order valence-corrected chi connectivity index (χ1v) is 9.74. The number of ether oxygens (including phenoxy) is 2. The number of hydrogen-bond donors (Lipinski definition) is 4. The highest BCUT2D eigenvalue weighted by molar-refractivity contribution is 7.80. The second kappa shape index (κ2) is 10.4. The van der Waals surface area contributed by atoms with Crippen LogP contribution in [-0.4, -0.2) is 23.1 Å². The number of fused-ring (bicyclic) bond motifs is 1. The number of rotatable bonds is 7. The molecule has 1 aliphatic heterocycles. The van der Waals surface area contributed by atoms with Gasteiger partial charge in [-0.2, -0.15) is 0 Å². The largest absolute Gasteiger partial charge is 0.454 e. The van der Waals surface area contributed by atoms with Crippen molar-refractivity contribution in [3.05, 3.63) is 23.8 Å². The normalized spacial score (nSPS) is 13.2. The van der Waals surface area contributed by atoms with E-state index >= 15 is 0 Å². The first-order chi connectivity index (χ1) is 12.4. The van der Waals surface area contributed by atoms with Crippen molar-refractivity contribution in [1.82, 2.24) is 21.5 Å². The quantitative estimate of drug-likeness (QED) is 0.414. The molecule has 8 heteroatoms. The van der Waals surface area contributed by atoms with E-state index in [4.69, 9.17) is 33.9 Å². The van der Waals surface area contributed by atoms with Gasteiger partial charge in [0.15, 0.2) is 21.7 Å². The summed E-state index contributed by atoms with van der Waals surface area (Å²) in [5.41, 5.74) is 6.86. The molecule has 0 aromatic heterocycles. The molecule has 2 rings (SSSR count). The van der Waals surface area contributed by atoms with Crippen LogP contribution in [0.4, 0.5) is 0 Å². The van der Waals surface area contributed by atoms with Crippen LogP contribution in [-0.2, 0) is 6.54 Å². The molecule has 1 atom stereocenters. The van der Waals surface area contributed by atoms with Crippen LogP contribution in [0.3, 0.4) is 0 Å². The van der Waals surface area contributed by atoms with Crippen molar-refractivity contribution in [2.24, 2.45) is 5.92 Å². The molecule has 0 unspecified atom stereocenters. The van der Waals surface area contributed by atoms with E-state index in [1.165, 1.54) is 12.8 Å². The predicted octanol–water partition coefficient (Wildman–Crippen LogP) is 2.97. The van der Waals surface area contributed by atoms with Crippen LogP contribution < -0.4 is 31.0 Å². The van der Waals surface area contributed by atoms with Gasteiger partial charge in [-0.15, -0.1) is 0 Å². The zero-order valence-electron chi connectivity index (χ0n) is 15.6. The third kappa shape index (κ3) is 7.21. The van der Waals surface area contributed by atoms with Crippen LogP contribution in [0.25, 0.3) is 0 Å². The van der Waals surface area contributed by atoms with E-state index in [9.17, 15) is 0 Å². The minimum atomic E-state index is 0.274. The predicted molar refractivity (Wildman–Crippen MR) is 112 cm³/mol. The minimum Gasteiger partial charge on any atom is -0.454 e. The Kier molecular flexibility index (Phi) is 8.18. The lowest BCUT2D eigenvalue weighted by molar-refractivity contribution is 0.174. The van der Waals surface area contributed by atoms with Crippen LogP contribution in [0.1, 0.15) is 45.6 Å². The highest BCUT2D eigenvalue weighted by atomic mass is 32.1. The van der Waals surface area contributed by atoms with Crippen LogP contribution >= 0.6 is 24.4 Å². The molecule has 26 heavy (non-hydrogen) atoms. The Hall–Kier alpha value is -1.80. The maximum absolute atomic E-state index is 5.37. The second-order valence-electron chi connectivity index (χ2n) is 6.82. The van der Waals surface area contributed by atoms with Crippen LogP contribution in [0, 0.1) is 5.92 Å². The lowest BCUT2D eigenvalue weighted by atomic mass is 10.0. The van der Waals surface area contributed by atoms with Crippen molar-refractivity contribution in [1.29, 1.82) is 0 Å². The monoisotopic (exact) mass is 396 g/mol. The molecule has 0 saturated heterocycles. The fourth-order valence-electron chi connectivity index (χ4n) is 2.56. The van der Waals surface area contributed by atoms with E-state index < -0.39 is 0 Å². The molecule has 6 nitrogen and oxygen atoms in total. The van der Waals surface area contributed by atoms with Crippen molar-refractivity contribution in [3.63, 3.8) is 0 Å². The van der Waals surface area contributed by atoms with Gasteiger partial charge in [0, 0.05) is 12.6 Å². The highest BCUT2D eigenvalue weighted by Crippen LogP contribution is 2.32. The molecular formula is C18H28N4O2S2. The van der Waals surface area contributed by atoms with Gasteiger partial charge < -0.3 is 20.1 Å². The molecule has 4 N–H and O–H groups in total. The van der Waals surface area contributed by atoms with Gasteiger partial charge >= 0.3 is 0 Å². The zero-order valence-corrected chi connectivity index (χ0v) is 17.2. The van der Waals surface area contributed by atoms with Gasteiger partial charge in [-0.3, -0.25) is 10.9 Å². The Labute approximate surface area is 166 Å². The number of nitrogens with one attached hydrogen (secondary N) is 4. The number of benzene rings is 1. The third-order valence-electron chi connectivity index (χ3n) is 3.98. The SMILES string of the molecule is CC(C)CCC[C@H](C)NC(=S)NNC(=S)NCc1ccc2c(c1)OCO2. The van der Waals surface area contributed by atoms with Gasteiger partial charge in [0.05, 0.1) is 0 Å². The summed E-state index contributed by atoms with van der Waals surface area (Å²) in [6, 6.07) is 6.14. The molecule has 0 amide bonds. The maximum atomic E-state index is 5.37. The van der Waals surface area contributed by atoms with Gasteiger partial charge in [0.2, 0.25) is 6.79 Å². The average Bonchev–Trinajstić information content (AvgIpc) is 3.05. The number of hydrazine groups is 1. The van der Waals surface area contributed by atoms with Crippen LogP contribution in [0.5, 0.6) is 11.5 Å². The Morgan fingerprint density at radius 1 is 1.04 bits per heavy atom. The molecule has 0 spiro atoms. The molecule has 0 fully saturated rings. The minimum absolute atomic E-state index is 0.274. The van der Waals surface area contributed by atoms with E-state index in [-0.39, 0.29) is 6.79 Å². The summed E-state index contributed by atoms with van der Waals surface area (Å²) in [4.78, 5) is 0. The van der Waals surface area contributed by atoms with Gasteiger partial charge in [0.25, 0.3) is 0 Å². The lowest BCUT2D eigenvalue weighted by Crippen LogP contribution is -2.51. The van der Waals surface area contributed by atoms with Gasteiger partial charge in [0.1, 0.15) is 0 Å². The van der Waals surface area contributed by atoms with Gasteiger partial charge in [-0.05, 0) is 61.4 Å². The summed E-state index contributed by atoms with van der Waals surface area (Å²) in [5, 5.41) is 7.38. The van der Waals surface area contributed by atoms with Crippen LogP contribution in [0.2, 0.25) is 0 Å². The summed E-state index contributed by atoms with van der Waals surface area (Å²) < 4.78 is 10.7. The lowest BCUT2D eigenvalue weighted by Gasteiger charge is -2.18. The van der Waals surface area contributed by atoms with E-state index in [1.807, 2.05) is 18.2 Å². The van der Waals surface area contributed by atoms with E-state index in [0.717, 1.165) is 29.4 Å². The standard InChI is InChI=1S/C18H28N4O2S2/c1-12(2)5-4-6-13(3)20-18(26)22-21-17(25)19-10-14-7-8-15-16(9-14)24-11-23-15/h7-9,12-13H,4-6,10-11H2,1-3H3,(H2,19,21,25)(H2,20,22,26)/t13-/m0/s1. The number of hydrogen-bond acceptors (Lipinski definition) is 4. The molecule has 1 aromatic carbocycles. The molecule has 144 valence electrons. The molecule has 1 aliphatic rings. The topological polar surface area (TPSA) is 66.6 Å². The summed E-state index contributed by atoms with van der Waals surface area (Å²) in [7, 11) is 0. The second-order valence-corrected chi connectivity index (χ2v) is 7.64. The van der Waals surface area contributed by atoms with Crippen molar-refractivity contribution < 1.29 is 9.47 Å². The van der Waals surface area contributed by atoms with Crippen molar-refractivity contribution in [3.8, 4) is 11.5 Å². The molecule has 0 saturated carbocycles. The van der Waals surface area contributed by atoms with Crippen molar-refractivity contribution in [2.75, 3.05) is 6.79 Å². The fraction of sp³-hybridized carbons (Fsp3) is 0.556. The molecule has 0 radical (unpaired) electrons. The molecule has 0 aliphatic carbocycles. The van der Waals surface area contributed by atoms with Crippen LogP contribution in [0.15, 0.2) is 18.2 Å². The molecule has 1 heterocycles. The fourth-order valence-corrected chi connectivity index (χ4v) is 2.93. The maximum Gasteiger partial charge on any atom is 0.231 e. The smallest absolute Gasteiger partial charge is 0.231 e. The average molecular weight is 397 g/mol. The molecule has 1 aromatic rings. The summed E-state index contributed by atoms with van der Waals surface area (Å²) in [6.45, 7) is 7.47.